The second-order valence-corrected chi connectivity index (χ2v) is 7.60. The molecule has 1 heteroatoms. The molecule has 136 valence electrons. The highest BCUT2D eigenvalue weighted by atomic mass is 14.9. The number of aryl methyl sites for hydroxylation is 2. The molecule has 1 N–H and O–H groups in total. The summed E-state index contributed by atoms with van der Waals surface area (Å²) in [6.45, 7) is 4.45. The molecule has 28 heavy (non-hydrogen) atoms. The fourth-order valence-electron chi connectivity index (χ4n) is 4.84. The number of hydrogen-bond acceptors (Lipinski definition) is 1. The van der Waals surface area contributed by atoms with Gasteiger partial charge in [0, 0.05) is 11.4 Å². The molecule has 1 heterocycles. The average molecular weight is 361 g/mol. The summed E-state index contributed by atoms with van der Waals surface area (Å²) >= 11 is 0. The van der Waals surface area contributed by atoms with Crippen molar-refractivity contribution in [1.29, 1.82) is 0 Å². The predicted molar refractivity (Wildman–Crippen MR) is 118 cm³/mol. The van der Waals surface area contributed by atoms with Gasteiger partial charge in [-0.25, -0.2) is 0 Å². The van der Waals surface area contributed by atoms with E-state index in [-0.39, 0.29) is 5.41 Å². The van der Waals surface area contributed by atoms with E-state index in [2.05, 4.69) is 116 Å². The first kappa shape index (κ1) is 16.8. The first-order chi connectivity index (χ1) is 13.7. The SMILES string of the molecule is Cc1ccccc1C1(c2ccccc2C)c2ccccc2Nc2ccccc21. The van der Waals surface area contributed by atoms with Crippen LogP contribution in [0.3, 0.4) is 0 Å². The molecule has 0 aliphatic carbocycles. The smallest absolute Gasteiger partial charge is 0.0747 e. The van der Waals surface area contributed by atoms with Crippen LogP contribution in [0.25, 0.3) is 0 Å². The van der Waals surface area contributed by atoms with E-state index in [4.69, 9.17) is 0 Å². The van der Waals surface area contributed by atoms with Crippen LogP contribution in [-0.4, -0.2) is 0 Å². The Morgan fingerprint density at radius 3 is 1.25 bits per heavy atom. The minimum absolute atomic E-state index is 0.352. The number of nitrogens with one attached hydrogen (secondary N) is 1. The van der Waals surface area contributed by atoms with Gasteiger partial charge in [-0.15, -0.1) is 0 Å². The van der Waals surface area contributed by atoms with Crippen LogP contribution in [-0.2, 0) is 5.41 Å². The zero-order valence-electron chi connectivity index (χ0n) is 16.2. The summed E-state index contributed by atoms with van der Waals surface area (Å²) in [5.74, 6) is 0. The van der Waals surface area contributed by atoms with Gasteiger partial charge < -0.3 is 5.32 Å². The highest BCUT2D eigenvalue weighted by Gasteiger charge is 2.45. The van der Waals surface area contributed by atoms with Gasteiger partial charge in [0.1, 0.15) is 0 Å². The van der Waals surface area contributed by atoms with Crippen LogP contribution in [0.1, 0.15) is 33.4 Å². The molecule has 4 aromatic rings. The van der Waals surface area contributed by atoms with Gasteiger partial charge in [0.15, 0.2) is 0 Å². The summed E-state index contributed by atoms with van der Waals surface area (Å²) in [5, 5.41) is 3.67. The first-order valence-electron chi connectivity index (χ1n) is 9.81. The van der Waals surface area contributed by atoms with Crippen LogP contribution in [0.2, 0.25) is 0 Å². The largest absolute Gasteiger partial charge is 0.355 e. The Bertz CT molecular complexity index is 1050. The fourth-order valence-corrected chi connectivity index (χ4v) is 4.84. The molecule has 0 saturated heterocycles. The van der Waals surface area contributed by atoms with E-state index in [0.29, 0.717) is 0 Å². The first-order valence-corrected chi connectivity index (χ1v) is 9.81. The number of benzene rings is 4. The highest BCUT2D eigenvalue weighted by Crippen LogP contribution is 2.54. The molecule has 0 radical (unpaired) electrons. The summed E-state index contributed by atoms with van der Waals surface area (Å²) < 4.78 is 0. The van der Waals surface area contributed by atoms with Crippen molar-refractivity contribution in [3.05, 3.63) is 130 Å². The summed E-state index contributed by atoms with van der Waals surface area (Å²) in [4.78, 5) is 0. The lowest BCUT2D eigenvalue weighted by Gasteiger charge is -2.43. The Morgan fingerprint density at radius 2 is 0.821 bits per heavy atom. The summed E-state index contributed by atoms with van der Waals surface area (Å²) in [6.07, 6.45) is 0. The van der Waals surface area contributed by atoms with Crippen LogP contribution in [0.15, 0.2) is 97.1 Å². The quantitative estimate of drug-likeness (QED) is 0.367. The van der Waals surface area contributed by atoms with Crippen molar-refractivity contribution in [2.24, 2.45) is 0 Å². The van der Waals surface area contributed by atoms with E-state index >= 15 is 0 Å². The standard InChI is InChI=1S/C27H23N/c1-19-11-3-5-13-21(19)27(22-14-6-4-12-20(22)2)23-15-7-9-17-25(23)28-26-18-10-8-16-24(26)27/h3-18,28H,1-2H3. The van der Waals surface area contributed by atoms with Gasteiger partial charge in [-0.05, 0) is 59.4 Å². The van der Waals surface area contributed by atoms with Gasteiger partial charge in [-0.1, -0.05) is 84.9 Å². The maximum Gasteiger partial charge on any atom is 0.0747 e. The van der Waals surface area contributed by atoms with Gasteiger partial charge in [0.05, 0.1) is 5.41 Å². The fraction of sp³-hybridized carbons (Fsp3) is 0.111. The Balaban J connectivity index is 2.02. The average Bonchev–Trinajstić information content (AvgIpc) is 2.73. The van der Waals surface area contributed by atoms with E-state index in [1.165, 1.54) is 44.8 Å². The lowest BCUT2D eigenvalue weighted by Crippen LogP contribution is -2.36. The zero-order valence-corrected chi connectivity index (χ0v) is 16.2. The minimum Gasteiger partial charge on any atom is -0.355 e. The van der Waals surface area contributed by atoms with Gasteiger partial charge in [0.25, 0.3) is 0 Å². The molecule has 0 fully saturated rings. The second kappa shape index (κ2) is 6.38. The van der Waals surface area contributed by atoms with Crippen molar-refractivity contribution in [2.45, 2.75) is 19.3 Å². The summed E-state index contributed by atoms with van der Waals surface area (Å²) in [7, 11) is 0. The Hall–Kier alpha value is -3.32. The summed E-state index contributed by atoms with van der Waals surface area (Å²) in [5.41, 5.74) is 9.88. The molecule has 5 rings (SSSR count). The molecule has 1 aliphatic heterocycles. The van der Waals surface area contributed by atoms with E-state index in [1.807, 2.05) is 0 Å². The molecular weight excluding hydrogens is 338 g/mol. The molecule has 0 amide bonds. The van der Waals surface area contributed by atoms with Crippen molar-refractivity contribution in [2.75, 3.05) is 5.32 Å². The molecular formula is C27H23N. The van der Waals surface area contributed by atoms with Crippen LogP contribution >= 0.6 is 0 Å². The lowest BCUT2D eigenvalue weighted by atomic mass is 9.61. The van der Waals surface area contributed by atoms with Crippen LogP contribution < -0.4 is 5.32 Å². The van der Waals surface area contributed by atoms with E-state index in [9.17, 15) is 0 Å². The third-order valence-corrected chi connectivity index (χ3v) is 6.03. The van der Waals surface area contributed by atoms with Gasteiger partial charge >= 0.3 is 0 Å². The summed E-state index contributed by atoms with van der Waals surface area (Å²) in [6, 6.07) is 35.1. The molecule has 1 nitrogen and oxygen atoms in total. The Morgan fingerprint density at radius 1 is 0.464 bits per heavy atom. The third-order valence-electron chi connectivity index (χ3n) is 6.03. The van der Waals surface area contributed by atoms with E-state index in [0.717, 1.165) is 0 Å². The number of fused-ring (bicyclic) bond motifs is 2. The maximum atomic E-state index is 3.67. The Labute approximate surface area is 166 Å². The molecule has 0 bridgehead atoms. The molecule has 0 atom stereocenters. The Kier molecular flexibility index (Phi) is 3.84. The van der Waals surface area contributed by atoms with Crippen LogP contribution in [0.4, 0.5) is 11.4 Å². The number of rotatable bonds is 2. The van der Waals surface area contributed by atoms with Crippen LogP contribution in [0.5, 0.6) is 0 Å². The predicted octanol–water partition coefficient (Wildman–Crippen LogP) is 6.74. The van der Waals surface area contributed by atoms with Crippen molar-refractivity contribution in [3.63, 3.8) is 0 Å². The molecule has 1 aliphatic rings. The second-order valence-electron chi connectivity index (χ2n) is 7.60. The van der Waals surface area contributed by atoms with Crippen molar-refractivity contribution in [1.82, 2.24) is 0 Å². The van der Waals surface area contributed by atoms with Gasteiger partial charge in [0.2, 0.25) is 0 Å². The monoisotopic (exact) mass is 361 g/mol. The molecule has 0 saturated carbocycles. The number of hydrogen-bond donors (Lipinski definition) is 1. The molecule has 0 aromatic heterocycles. The maximum absolute atomic E-state index is 3.67. The lowest BCUT2D eigenvalue weighted by molar-refractivity contribution is 0.728. The van der Waals surface area contributed by atoms with Gasteiger partial charge in [-0.2, -0.15) is 0 Å². The molecule has 0 spiro atoms. The molecule has 0 unspecified atom stereocenters. The van der Waals surface area contributed by atoms with Crippen molar-refractivity contribution < 1.29 is 0 Å². The number of anilines is 2. The minimum atomic E-state index is -0.352. The van der Waals surface area contributed by atoms with Crippen molar-refractivity contribution in [3.8, 4) is 0 Å². The van der Waals surface area contributed by atoms with Gasteiger partial charge in [-0.3, -0.25) is 0 Å². The van der Waals surface area contributed by atoms with Crippen LogP contribution in [0, 0.1) is 13.8 Å². The van der Waals surface area contributed by atoms with Crippen molar-refractivity contribution >= 4 is 11.4 Å². The normalized spacial score (nSPS) is 13.9. The zero-order chi connectivity index (χ0) is 19.1. The topological polar surface area (TPSA) is 12.0 Å². The van der Waals surface area contributed by atoms with E-state index < -0.39 is 0 Å². The third kappa shape index (κ3) is 2.26. The van der Waals surface area contributed by atoms with E-state index in [1.54, 1.807) is 0 Å². The highest BCUT2D eigenvalue weighted by molar-refractivity contribution is 5.82. The molecule has 4 aromatic carbocycles. The number of para-hydroxylation sites is 2.